The van der Waals surface area contributed by atoms with E-state index in [2.05, 4.69) is 10.3 Å². The molecule has 0 fully saturated rings. The highest BCUT2D eigenvalue weighted by Crippen LogP contribution is 2.06. The topological polar surface area (TPSA) is 74.1 Å². The fraction of sp³-hybridized carbons (Fsp3) is 0.176. The van der Waals surface area contributed by atoms with Gasteiger partial charge in [0.15, 0.2) is 6.73 Å². The molecule has 0 aliphatic heterocycles. The van der Waals surface area contributed by atoms with Crippen molar-refractivity contribution in [3.8, 4) is 0 Å². The van der Waals surface area contributed by atoms with Gasteiger partial charge >= 0.3 is 5.97 Å². The number of carbonyl (C=O) groups is 1. The zero-order valence-corrected chi connectivity index (χ0v) is 12.7. The van der Waals surface area contributed by atoms with Crippen LogP contribution in [-0.2, 0) is 22.7 Å². The maximum absolute atomic E-state index is 12.8. The molecule has 0 aliphatic rings. The smallest absolute Gasteiger partial charge is 0.307 e. The van der Waals surface area contributed by atoms with Crippen LogP contribution >= 0.6 is 0 Å². The number of nitrogens with zero attached hydrogens (tertiary/aromatic N) is 3. The van der Waals surface area contributed by atoms with Crippen molar-refractivity contribution in [2.75, 3.05) is 0 Å². The molecule has 2 aromatic carbocycles. The molecule has 1 heterocycles. The standard InChI is InChI=1S/C17H14FN3O3/c18-13-8-5-12(6-9-13)7-10-16(22)24-11-21-17(23)14-3-1-2-4-15(14)19-20-21/h1-6,8-9H,7,10-11H2. The van der Waals surface area contributed by atoms with Gasteiger partial charge in [0.25, 0.3) is 5.56 Å². The van der Waals surface area contributed by atoms with E-state index >= 15 is 0 Å². The Bertz CT molecular complexity index is 922. The predicted octanol–water partition coefficient (Wildman–Crippen LogP) is 2.06. The zero-order chi connectivity index (χ0) is 16.9. The Labute approximate surface area is 136 Å². The van der Waals surface area contributed by atoms with Crippen LogP contribution in [0.15, 0.2) is 53.3 Å². The van der Waals surface area contributed by atoms with E-state index in [-0.39, 0.29) is 24.5 Å². The first-order chi connectivity index (χ1) is 11.6. The van der Waals surface area contributed by atoms with E-state index in [9.17, 15) is 14.0 Å². The van der Waals surface area contributed by atoms with Gasteiger partial charge in [0.05, 0.1) is 5.39 Å². The minimum Gasteiger partial charge on any atom is -0.442 e. The summed E-state index contributed by atoms with van der Waals surface area (Å²) in [5.74, 6) is -0.795. The van der Waals surface area contributed by atoms with Crippen LogP contribution in [0.25, 0.3) is 10.9 Å². The summed E-state index contributed by atoms with van der Waals surface area (Å²) >= 11 is 0. The number of hydrogen-bond donors (Lipinski definition) is 0. The number of esters is 1. The minimum absolute atomic E-state index is 0.126. The lowest BCUT2D eigenvalue weighted by Crippen LogP contribution is -2.26. The van der Waals surface area contributed by atoms with Crippen LogP contribution in [0.5, 0.6) is 0 Å². The molecule has 0 spiro atoms. The Morgan fingerprint density at radius 1 is 1.12 bits per heavy atom. The molecule has 0 atom stereocenters. The molecule has 7 heteroatoms. The Morgan fingerprint density at radius 3 is 2.67 bits per heavy atom. The monoisotopic (exact) mass is 327 g/mol. The van der Waals surface area contributed by atoms with E-state index in [4.69, 9.17) is 4.74 Å². The van der Waals surface area contributed by atoms with Crippen molar-refractivity contribution in [2.24, 2.45) is 0 Å². The lowest BCUT2D eigenvalue weighted by Gasteiger charge is -2.06. The molecule has 0 aliphatic carbocycles. The van der Waals surface area contributed by atoms with Crippen molar-refractivity contribution >= 4 is 16.9 Å². The molecule has 3 rings (SSSR count). The molecule has 6 nitrogen and oxygen atoms in total. The highest BCUT2D eigenvalue weighted by atomic mass is 19.1. The van der Waals surface area contributed by atoms with E-state index in [1.54, 1.807) is 36.4 Å². The van der Waals surface area contributed by atoms with Crippen molar-refractivity contribution in [1.82, 2.24) is 15.0 Å². The number of rotatable bonds is 5. The van der Waals surface area contributed by atoms with Gasteiger partial charge in [0, 0.05) is 6.42 Å². The summed E-state index contributed by atoms with van der Waals surface area (Å²) in [5.41, 5.74) is 0.948. The summed E-state index contributed by atoms with van der Waals surface area (Å²) in [6, 6.07) is 12.7. The molecule has 0 saturated heterocycles. The largest absolute Gasteiger partial charge is 0.442 e. The Kier molecular flexibility index (Phi) is 4.60. The van der Waals surface area contributed by atoms with Crippen LogP contribution in [0.2, 0.25) is 0 Å². The van der Waals surface area contributed by atoms with Crippen molar-refractivity contribution in [3.63, 3.8) is 0 Å². The lowest BCUT2D eigenvalue weighted by atomic mass is 10.1. The fourth-order valence-corrected chi connectivity index (χ4v) is 2.21. The van der Waals surface area contributed by atoms with E-state index in [1.165, 1.54) is 12.1 Å². The van der Waals surface area contributed by atoms with E-state index < -0.39 is 5.97 Å². The Hall–Kier alpha value is -3.09. The van der Waals surface area contributed by atoms with Crippen LogP contribution in [-0.4, -0.2) is 21.0 Å². The summed E-state index contributed by atoms with van der Waals surface area (Å²) < 4.78 is 18.9. The number of hydrogen-bond acceptors (Lipinski definition) is 5. The molecule has 0 saturated carbocycles. The minimum atomic E-state index is -0.471. The molecular formula is C17H14FN3O3. The van der Waals surface area contributed by atoms with Crippen molar-refractivity contribution in [1.29, 1.82) is 0 Å². The molecule has 0 N–H and O–H groups in total. The third-order valence-corrected chi connectivity index (χ3v) is 3.51. The van der Waals surface area contributed by atoms with Crippen LogP contribution in [0.1, 0.15) is 12.0 Å². The van der Waals surface area contributed by atoms with Crippen LogP contribution in [0.4, 0.5) is 4.39 Å². The summed E-state index contributed by atoms with van der Waals surface area (Å²) in [5, 5.41) is 8.06. The third kappa shape index (κ3) is 3.62. The van der Waals surface area contributed by atoms with Gasteiger partial charge in [-0.25, -0.2) is 4.39 Å². The second-order valence-corrected chi connectivity index (χ2v) is 5.18. The van der Waals surface area contributed by atoms with Crippen molar-refractivity contribution < 1.29 is 13.9 Å². The second-order valence-electron chi connectivity index (χ2n) is 5.18. The molecule has 3 aromatic rings. The number of aromatic nitrogens is 3. The van der Waals surface area contributed by atoms with Gasteiger partial charge in [-0.05, 0) is 36.2 Å². The van der Waals surface area contributed by atoms with Gasteiger partial charge in [-0.3, -0.25) is 9.59 Å². The average molecular weight is 327 g/mol. The predicted molar refractivity (Wildman–Crippen MR) is 84.6 cm³/mol. The lowest BCUT2D eigenvalue weighted by molar-refractivity contribution is -0.148. The van der Waals surface area contributed by atoms with Gasteiger partial charge in [-0.1, -0.05) is 29.5 Å². The highest BCUT2D eigenvalue weighted by Gasteiger charge is 2.08. The first-order valence-corrected chi connectivity index (χ1v) is 7.36. The van der Waals surface area contributed by atoms with Crippen LogP contribution in [0, 0.1) is 5.82 Å². The van der Waals surface area contributed by atoms with E-state index in [1.807, 2.05) is 0 Å². The number of ether oxygens (including phenoxy) is 1. The third-order valence-electron chi connectivity index (χ3n) is 3.51. The summed E-state index contributed by atoms with van der Waals surface area (Å²) in [6.45, 7) is -0.293. The summed E-state index contributed by atoms with van der Waals surface area (Å²) in [7, 11) is 0. The van der Waals surface area contributed by atoms with E-state index in [0.29, 0.717) is 17.3 Å². The highest BCUT2D eigenvalue weighted by molar-refractivity contribution is 5.76. The molecule has 0 unspecified atom stereocenters. The Morgan fingerprint density at radius 2 is 1.88 bits per heavy atom. The number of benzene rings is 2. The molecule has 1 aromatic heterocycles. The van der Waals surface area contributed by atoms with Gasteiger partial charge < -0.3 is 4.74 Å². The van der Waals surface area contributed by atoms with Gasteiger partial charge in [0.1, 0.15) is 11.3 Å². The number of carbonyl (C=O) groups excluding carboxylic acids is 1. The van der Waals surface area contributed by atoms with Crippen LogP contribution in [0.3, 0.4) is 0 Å². The van der Waals surface area contributed by atoms with Gasteiger partial charge in [-0.15, -0.1) is 5.10 Å². The number of halogens is 1. The molecule has 0 amide bonds. The molecular weight excluding hydrogens is 313 g/mol. The summed E-state index contributed by atoms with van der Waals surface area (Å²) in [4.78, 5) is 24.0. The molecule has 24 heavy (non-hydrogen) atoms. The quantitative estimate of drug-likeness (QED) is 0.671. The first-order valence-electron chi connectivity index (χ1n) is 7.36. The molecule has 122 valence electrons. The first kappa shape index (κ1) is 15.8. The van der Waals surface area contributed by atoms with Crippen LogP contribution < -0.4 is 5.56 Å². The number of aryl methyl sites for hydroxylation is 1. The van der Waals surface area contributed by atoms with Gasteiger partial charge in [0.2, 0.25) is 0 Å². The molecule has 0 bridgehead atoms. The normalized spacial score (nSPS) is 10.7. The zero-order valence-electron chi connectivity index (χ0n) is 12.7. The average Bonchev–Trinajstić information content (AvgIpc) is 2.61. The van der Waals surface area contributed by atoms with E-state index in [0.717, 1.165) is 10.2 Å². The maximum Gasteiger partial charge on any atom is 0.307 e. The SMILES string of the molecule is O=C(CCc1ccc(F)cc1)OCn1nnc2ccccc2c1=O. The maximum atomic E-state index is 12.8. The fourth-order valence-electron chi connectivity index (χ4n) is 2.21. The van der Waals surface area contributed by atoms with Crippen molar-refractivity contribution in [2.45, 2.75) is 19.6 Å². The molecule has 0 radical (unpaired) electrons. The number of fused-ring (bicyclic) bond motifs is 1. The van der Waals surface area contributed by atoms with Gasteiger partial charge in [-0.2, -0.15) is 4.68 Å². The van der Waals surface area contributed by atoms with Crippen molar-refractivity contribution in [3.05, 3.63) is 70.3 Å². The second kappa shape index (κ2) is 6.99. The Balaban J connectivity index is 1.59. The summed E-state index contributed by atoms with van der Waals surface area (Å²) in [6.07, 6.45) is 0.554.